The van der Waals surface area contributed by atoms with Gasteiger partial charge in [-0.25, -0.2) is 0 Å². The first-order valence-electron chi connectivity index (χ1n) is 5.40. The topological polar surface area (TPSA) is 12.0 Å². The van der Waals surface area contributed by atoms with Gasteiger partial charge in [0.2, 0.25) is 0 Å². The van der Waals surface area contributed by atoms with Gasteiger partial charge in [-0.1, -0.05) is 29.3 Å². The molecule has 0 saturated carbocycles. The number of unbranched alkanes of at least 4 members (excludes halogenated alkanes) is 1. The van der Waals surface area contributed by atoms with E-state index in [9.17, 15) is 0 Å². The lowest BCUT2D eigenvalue weighted by molar-refractivity contribution is 0.896. The van der Waals surface area contributed by atoms with Crippen molar-refractivity contribution in [3.05, 3.63) is 28.7 Å². The van der Waals surface area contributed by atoms with E-state index in [1.54, 1.807) is 0 Å². The molecule has 0 saturated heterocycles. The zero-order chi connectivity index (χ0) is 10.9. The summed E-state index contributed by atoms with van der Waals surface area (Å²) in [5, 5.41) is 3.41. The quantitative estimate of drug-likeness (QED) is 0.747. The average Bonchev–Trinajstić information content (AvgIpc) is 2.26. The van der Waals surface area contributed by atoms with Crippen LogP contribution in [0.2, 0.25) is 0 Å². The minimum atomic E-state index is 1.05. The standard InChI is InChI=1S/C12H18BrNS/c1-2-3-9-15-10-8-14-12-6-4-11(13)5-7-12/h4-7,14H,2-3,8-10H2,1H3. The molecule has 1 nitrogen and oxygen atoms in total. The second-order valence-corrected chi connectivity index (χ2v) is 5.54. The van der Waals surface area contributed by atoms with Gasteiger partial charge in [-0.3, -0.25) is 0 Å². The molecule has 0 amide bonds. The van der Waals surface area contributed by atoms with Crippen LogP contribution in [0.15, 0.2) is 28.7 Å². The summed E-state index contributed by atoms with van der Waals surface area (Å²) in [7, 11) is 0. The first-order valence-corrected chi connectivity index (χ1v) is 7.35. The molecule has 0 aliphatic carbocycles. The van der Waals surface area contributed by atoms with Gasteiger partial charge in [0.1, 0.15) is 0 Å². The Morgan fingerprint density at radius 3 is 2.60 bits per heavy atom. The van der Waals surface area contributed by atoms with Crippen molar-refractivity contribution in [3.8, 4) is 0 Å². The van der Waals surface area contributed by atoms with Crippen molar-refractivity contribution in [1.82, 2.24) is 0 Å². The van der Waals surface area contributed by atoms with Gasteiger partial charge in [-0.05, 0) is 36.4 Å². The second kappa shape index (κ2) is 8.05. The normalized spacial score (nSPS) is 10.3. The summed E-state index contributed by atoms with van der Waals surface area (Å²) in [6.45, 7) is 3.29. The Balaban J connectivity index is 2.07. The lowest BCUT2D eigenvalue weighted by atomic mass is 10.3. The van der Waals surface area contributed by atoms with Gasteiger partial charge in [-0.15, -0.1) is 0 Å². The van der Waals surface area contributed by atoms with Crippen LogP contribution in [0.25, 0.3) is 0 Å². The molecule has 1 aromatic carbocycles. The zero-order valence-electron chi connectivity index (χ0n) is 9.13. The summed E-state index contributed by atoms with van der Waals surface area (Å²) in [4.78, 5) is 0. The highest BCUT2D eigenvalue weighted by atomic mass is 79.9. The molecule has 1 aromatic rings. The van der Waals surface area contributed by atoms with Crippen LogP contribution in [0.3, 0.4) is 0 Å². The summed E-state index contributed by atoms with van der Waals surface area (Å²) in [6.07, 6.45) is 2.64. The monoisotopic (exact) mass is 287 g/mol. The van der Waals surface area contributed by atoms with E-state index in [1.807, 2.05) is 11.8 Å². The number of hydrogen-bond acceptors (Lipinski definition) is 2. The van der Waals surface area contributed by atoms with Crippen LogP contribution in [0.1, 0.15) is 19.8 Å². The van der Waals surface area contributed by atoms with Gasteiger partial charge in [0.25, 0.3) is 0 Å². The third-order valence-corrected chi connectivity index (χ3v) is 3.66. The molecule has 0 fully saturated rings. The molecule has 0 bridgehead atoms. The number of halogens is 1. The van der Waals surface area contributed by atoms with Crippen LogP contribution in [-0.4, -0.2) is 18.1 Å². The highest BCUT2D eigenvalue weighted by molar-refractivity contribution is 9.10. The molecule has 0 aliphatic rings. The molecule has 0 atom stereocenters. The number of anilines is 1. The molecule has 0 aliphatic heterocycles. The molecule has 15 heavy (non-hydrogen) atoms. The van der Waals surface area contributed by atoms with Crippen molar-refractivity contribution < 1.29 is 0 Å². The molecular weight excluding hydrogens is 270 g/mol. The largest absolute Gasteiger partial charge is 0.384 e. The zero-order valence-corrected chi connectivity index (χ0v) is 11.5. The van der Waals surface area contributed by atoms with Crippen molar-refractivity contribution >= 4 is 33.4 Å². The van der Waals surface area contributed by atoms with Crippen molar-refractivity contribution in [2.24, 2.45) is 0 Å². The van der Waals surface area contributed by atoms with Crippen LogP contribution >= 0.6 is 27.7 Å². The SMILES string of the molecule is CCCCSCCNc1ccc(Br)cc1. The van der Waals surface area contributed by atoms with E-state index >= 15 is 0 Å². The maximum absolute atomic E-state index is 3.42. The Morgan fingerprint density at radius 1 is 1.20 bits per heavy atom. The lowest BCUT2D eigenvalue weighted by Gasteiger charge is -2.05. The summed E-state index contributed by atoms with van der Waals surface area (Å²) in [6, 6.07) is 8.32. The van der Waals surface area contributed by atoms with Crippen LogP contribution in [0.5, 0.6) is 0 Å². The molecule has 3 heteroatoms. The van der Waals surface area contributed by atoms with E-state index in [4.69, 9.17) is 0 Å². The number of benzene rings is 1. The average molecular weight is 288 g/mol. The van der Waals surface area contributed by atoms with E-state index < -0.39 is 0 Å². The Kier molecular flexibility index (Phi) is 6.94. The van der Waals surface area contributed by atoms with Crippen molar-refractivity contribution in [2.45, 2.75) is 19.8 Å². The van der Waals surface area contributed by atoms with E-state index in [0.717, 1.165) is 11.0 Å². The Morgan fingerprint density at radius 2 is 1.93 bits per heavy atom. The molecule has 0 radical (unpaired) electrons. The predicted octanol–water partition coefficient (Wildman–Crippen LogP) is 4.39. The molecule has 1 N–H and O–H groups in total. The molecular formula is C12H18BrNS. The van der Waals surface area contributed by atoms with E-state index in [0.29, 0.717) is 0 Å². The van der Waals surface area contributed by atoms with E-state index in [2.05, 4.69) is 52.4 Å². The minimum Gasteiger partial charge on any atom is -0.384 e. The highest BCUT2D eigenvalue weighted by Crippen LogP contribution is 2.14. The third-order valence-electron chi connectivity index (χ3n) is 2.06. The number of hydrogen-bond donors (Lipinski definition) is 1. The summed E-state index contributed by atoms with van der Waals surface area (Å²) < 4.78 is 1.13. The Labute approximate surface area is 105 Å². The minimum absolute atomic E-state index is 1.05. The number of thioether (sulfide) groups is 1. The van der Waals surface area contributed by atoms with Crippen LogP contribution in [0.4, 0.5) is 5.69 Å². The van der Waals surface area contributed by atoms with Gasteiger partial charge in [-0.2, -0.15) is 11.8 Å². The van der Waals surface area contributed by atoms with Crippen LogP contribution in [-0.2, 0) is 0 Å². The molecule has 84 valence electrons. The highest BCUT2D eigenvalue weighted by Gasteiger charge is 1.92. The maximum Gasteiger partial charge on any atom is 0.0341 e. The fraction of sp³-hybridized carbons (Fsp3) is 0.500. The molecule has 0 unspecified atom stereocenters. The molecule has 0 spiro atoms. The number of rotatable bonds is 7. The van der Waals surface area contributed by atoms with E-state index in [-0.39, 0.29) is 0 Å². The van der Waals surface area contributed by atoms with Crippen LogP contribution < -0.4 is 5.32 Å². The fourth-order valence-corrected chi connectivity index (χ4v) is 2.39. The van der Waals surface area contributed by atoms with Crippen molar-refractivity contribution in [2.75, 3.05) is 23.4 Å². The van der Waals surface area contributed by atoms with Gasteiger partial charge >= 0.3 is 0 Å². The fourth-order valence-electron chi connectivity index (χ4n) is 1.18. The Hall–Kier alpha value is -0.150. The smallest absolute Gasteiger partial charge is 0.0341 e. The van der Waals surface area contributed by atoms with E-state index in [1.165, 1.54) is 30.0 Å². The molecule has 0 aromatic heterocycles. The first kappa shape index (κ1) is 12.9. The van der Waals surface area contributed by atoms with Crippen LogP contribution in [0, 0.1) is 0 Å². The third kappa shape index (κ3) is 6.10. The molecule has 0 heterocycles. The summed E-state index contributed by atoms with van der Waals surface area (Å²) in [5.41, 5.74) is 1.20. The number of nitrogens with one attached hydrogen (secondary N) is 1. The predicted molar refractivity (Wildman–Crippen MR) is 74.9 cm³/mol. The molecule has 1 rings (SSSR count). The van der Waals surface area contributed by atoms with Gasteiger partial charge in [0.15, 0.2) is 0 Å². The lowest BCUT2D eigenvalue weighted by Crippen LogP contribution is -2.04. The van der Waals surface area contributed by atoms with Crippen molar-refractivity contribution in [1.29, 1.82) is 0 Å². The van der Waals surface area contributed by atoms with Gasteiger partial charge in [0.05, 0.1) is 0 Å². The van der Waals surface area contributed by atoms with Gasteiger partial charge in [0, 0.05) is 22.5 Å². The first-order chi connectivity index (χ1) is 7.33. The Bertz CT molecular complexity index is 261. The summed E-state index contributed by atoms with van der Waals surface area (Å²) >= 11 is 5.45. The van der Waals surface area contributed by atoms with Gasteiger partial charge < -0.3 is 5.32 Å². The van der Waals surface area contributed by atoms with Crippen molar-refractivity contribution in [3.63, 3.8) is 0 Å². The maximum atomic E-state index is 3.42. The second-order valence-electron chi connectivity index (χ2n) is 3.40. The summed E-state index contributed by atoms with van der Waals surface area (Å²) in [5.74, 6) is 2.48.